The maximum atomic E-state index is 13.9. The number of hydrogen-bond acceptors (Lipinski definition) is 6. The molecule has 10 heteroatoms. The van der Waals surface area contributed by atoms with E-state index in [-0.39, 0.29) is 34.9 Å². The Bertz CT molecular complexity index is 1030. The third-order valence-corrected chi connectivity index (χ3v) is 5.90. The zero-order valence-electron chi connectivity index (χ0n) is 17.5. The van der Waals surface area contributed by atoms with Crippen LogP contribution in [0.15, 0.2) is 12.1 Å². The van der Waals surface area contributed by atoms with E-state index in [2.05, 4.69) is 15.0 Å². The first-order valence-corrected chi connectivity index (χ1v) is 10.2. The van der Waals surface area contributed by atoms with Crippen LogP contribution in [-0.4, -0.2) is 38.9 Å². The van der Waals surface area contributed by atoms with Gasteiger partial charge in [0.25, 0.3) is 5.91 Å². The van der Waals surface area contributed by atoms with Crippen molar-refractivity contribution in [3.63, 3.8) is 0 Å². The van der Waals surface area contributed by atoms with Gasteiger partial charge in [-0.2, -0.15) is 13.2 Å². The first kappa shape index (κ1) is 21.3. The van der Waals surface area contributed by atoms with E-state index in [9.17, 15) is 18.0 Å². The van der Waals surface area contributed by atoms with Crippen LogP contribution in [0.25, 0.3) is 0 Å². The summed E-state index contributed by atoms with van der Waals surface area (Å²) in [4.78, 5) is 27.0. The fraction of sp³-hybridized carbons (Fsp3) is 0.524. The molecule has 1 saturated heterocycles. The normalized spacial score (nSPS) is 22.8. The second-order valence-electron chi connectivity index (χ2n) is 8.12. The van der Waals surface area contributed by atoms with Gasteiger partial charge in [-0.05, 0) is 57.6 Å². The molecule has 2 aliphatic rings. The average Bonchev–Trinajstić information content (AvgIpc) is 3.44. The highest BCUT2D eigenvalue weighted by Crippen LogP contribution is 2.53. The molecule has 2 fully saturated rings. The number of nitrogens with two attached hydrogens (primary N) is 1. The molecule has 1 aliphatic heterocycles. The van der Waals surface area contributed by atoms with Crippen molar-refractivity contribution in [1.82, 2.24) is 19.9 Å². The van der Waals surface area contributed by atoms with Crippen molar-refractivity contribution >= 4 is 11.9 Å². The number of rotatable bonds is 4. The molecule has 2 aromatic rings. The molecular weight excluding hydrogens is 411 g/mol. The van der Waals surface area contributed by atoms with E-state index in [4.69, 9.17) is 10.5 Å². The van der Waals surface area contributed by atoms with Crippen LogP contribution in [0, 0.1) is 25.7 Å². The van der Waals surface area contributed by atoms with Crippen molar-refractivity contribution in [3.8, 4) is 5.75 Å². The van der Waals surface area contributed by atoms with Gasteiger partial charge in [-0.15, -0.1) is 0 Å². The van der Waals surface area contributed by atoms with Crippen LogP contribution in [-0.2, 0) is 6.18 Å². The number of carbonyl (C=O) groups is 1. The second kappa shape index (κ2) is 7.65. The first-order valence-electron chi connectivity index (χ1n) is 10.2. The lowest BCUT2D eigenvalue weighted by Crippen LogP contribution is -2.41. The number of ether oxygens (including phenoxy) is 1. The number of likely N-dealkylation sites (tertiary alicyclic amines) is 1. The molecule has 166 valence electrons. The molecule has 1 saturated carbocycles. The second-order valence-corrected chi connectivity index (χ2v) is 8.12. The molecule has 0 bridgehead atoms. The van der Waals surface area contributed by atoms with Crippen molar-refractivity contribution in [3.05, 3.63) is 40.5 Å². The Labute approximate surface area is 177 Å². The number of aromatic nitrogens is 3. The van der Waals surface area contributed by atoms with Crippen molar-refractivity contribution in [2.75, 3.05) is 18.9 Å². The third-order valence-electron chi connectivity index (χ3n) is 5.90. The van der Waals surface area contributed by atoms with Gasteiger partial charge in [0, 0.05) is 12.2 Å². The highest BCUT2D eigenvalue weighted by molar-refractivity contribution is 5.95. The van der Waals surface area contributed by atoms with E-state index < -0.39 is 23.7 Å². The Balaban J connectivity index is 1.81. The van der Waals surface area contributed by atoms with E-state index in [1.807, 2.05) is 0 Å². The summed E-state index contributed by atoms with van der Waals surface area (Å²) in [5, 5.41) is 0. The summed E-state index contributed by atoms with van der Waals surface area (Å²) >= 11 is 0. The maximum absolute atomic E-state index is 13.9. The maximum Gasteiger partial charge on any atom is 0.419 e. The number of halogens is 3. The van der Waals surface area contributed by atoms with Gasteiger partial charge < -0.3 is 15.4 Å². The van der Waals surface area contributed by atoms with Gasteiger partial charge in [0.15, 0.2) is 11.4 Å². The summed E-state index contributed by atoms with van der Waals surface area (Å²) in [5.74, 6) is 0.141. The minimum absolute atomic E-state index is 0.0956. The van der Waals surface area contributed by atoms with E-state index in [1.165, 1.54) is 11.8 Å². The predicted molar refractivity (Wildman–Crippen MR) is 106 cm³/mol. The quantitative estimate of drug-likeness (QED) is 0.787. The Morgan fingerprint density at radius 1 is 1.19 bits per heavy atom. The van der Waals surface area contributed by atoms with Gasteiger partial charge in [0.05, 0.1) is 24.0 Å². The van der Waals surface area contributed by atoms with Gasteiger partial charge in [0.1, 0.15) is 5.56 Å². The highest BCUT2D eigenvalue weighted by Gasteiger charge is 2.51. The summed E-state index contributed by atoms with van der Waals surface area (Å²) in [6.45, 7) is 5.46. The molecule has 1 amide bonds. The summed E-state index contributed by atoms with van der Waals surface area (Å²) in [5.41, 5.74) is 5.00. The molecule has 0 aromatic carbocycles. The Morgan fingerprint density at radius 3 is 2.61 bits per heavy atom. The fourth-order valence-corrected chi connectivity index (χ4v) is 4.41. The van der Waals surface area contributed by atoms with E-state index in [1.54, 1.807) is 26.0 Å². The molecule has 3 heterocycles. The van der Waals surface area contributed by atoms with Crippen LogP contribution in [0.3, 0.4) is 0 Å². The van der Waals surface area contributed by atoms with Crippen LogP contribution in [0.2, 0.25) is 0 Å². The minimum atomic E-state index is -4.67. The Morgan fingerprint density at radius 2 is 1.94 bits per heavy atom. The van der Waals surface area contributed by atoms with Crippen LogP contribution < -0.4 is 10.5 Å². The molecule has 1 aliphatic carbocycles. The molecule has 3 unspecified atom stereocenters. The lowest BCUT2D eigenvalue weighted by atomic mass is 9.94. The molecule has 3 atom stereocenters. The van der Waals surface area contributed by atoms with Crippen LogP contribution in [0.1, 0.15) is 58.9 Å². The molecule has 31 heavy (non-hydrogen) atoms. The number of nitrogens with zero attached hydrogens (tertiary/aromatic N) is 4. The highest BCUT2D eigenvalue weighted by atomic mass is 19.4. The number of piperidine rings is 1. The monoisotopic (exact) mass is 435 g/mol. The zero-order chi connectivity index (χ0) is 22.5. The Hall–Kier alpha value is -2.91. The molecular formula is C21H24F3N5O2. The number of hydrogen-bond donors (Lipinski definition) is 1. The van der Waals surface area contributed by atoms with Crippen LogP contribution >= 0.6 is 0 Å². The number of alkyl halides is 3. The summed E-state index contributed by atoms with van der Waals surface area (Å²) in [7, 11) is 0. The molecule has 2 N–H and O–H groups in total. The third kappa shape index (κ3) is 4.03. The average molecular weight is 435 g/mol. The van der Waals surface area contributed by atoms with E-state index in [0.29, 0.717) is 31.0 Å². The Kier molecular flexibility index (Phi) is 5.26. The lowest BCUT2D eigenvalue weighted by molar-refractivity contribution is -0.140. The number of nitrogen functional groups attached to an aromatic ring is 1. The molecule has 4 rings (SSSR count). The predicted octanol–water partition coefficient (Wildman–Crippen LogP) is 3.71. The standard InChI is InChI=1S/C21H24F3N5O2/c1-4-31-15-6-5-10(2)26-18(15)19(30)29-9-13-7-12(13)8-14(29)17-16(21(22,23)24)11(3)27-20(25)28-17/h5-6,12-14H,4,7-9H2,1-3H3,(H2,25,27,28). The van der Waals surface area contributed by atoms with Gasteiger partial charge in [0.2, 0.25) is 5.95 Å². The zero-order valence-corrected chi connectivity index (χ0v) is 17.5. The smallest absolute Gasteiger partial charge is 0.419 e. The summed E-state index contributed by atoms with van der Waals surface area (Å²) in [6, 6.07) is 2.52. The number of amides is 1. The van der Waals surface area contributed by atoms with Crippen LogP contribution in [0.5, 0.6) is 5.75 Å². The molecule has 7 nitrogen and oxygen atoms in total. The summed E-state index contributed by atoms with van der Waals surface area (Å²) < 4.78 is 47.3. The van der Waals surface area contributed by atoms with Crippen molar-refractivity contribution in [1.29, 1.82) is 0 Å². The van der Waals surface area contributed by atoms with Gasteiger partial charge in [-0.3, -0.25) is 4.79 Å². The largest absolute Gasteiger partial charge is 0.491 e. The SMILES string of the molecule is CCOc1ccc(C)nc1C(=O)N1CC2CC2CC1c1nc(N)nc(C)c1C(F)(F)F. The van der Waals surface area contributed by atoms with E-state index >= 15 is 0 Å². The van der Waals surface area contributed by atoms with Crippen LogP contribution in [0.4, 0.5) is 19.1 Å². The summed E-state index contributed by atoms with van der Waals surface area (Å²) in [6.07, 6.45) is -3.40. The van der Waals surface area contributed by atoms with Gasteiger partial charge in [-0.25, -0.2) is 15.0 Å². The van der Waals surface area contributed by atoms with Crippen molar-refractivity contribution < 1.29 is 22.7 Å². The number of carbonyl (C=O) groups excluding carboxylic acids is 1. The van der Waals surface area contributed by atoms with Crippen molar-refractivity contribution in [2.45, 2.75) is 45.8 Å². The molecule has 0 spiro atoms. The number of fused-ring (bicyclic) bond motifs is 1. The number of anilines is 1. The lowest BCUT2D eigenvalue weighted by Gasteiger charge is -2.36. The van der Waals surface area contributed by atoms with Gasteiger partial charge in [-0.1, -0.05) is 0 Å². The molecule has 2 aromatic heterocycles. The van der Waals surface area contributed by atoms with Gasteiger partial charge >= 0.3 is 6.18 Å². The van der Waals surface area contributed by atoms with E-state index in [0.717, 1.165) is 6.42 Å². The van der Waals surface area contributed by atoms with Crippen molar-refractivity contribution in [2.24, 2.45) is 11.8 Å². The first-order chi connectivity index (χ1) is 14.6. The number of pyridine rings is 1. The fourth-order valence-electron chi connectivity index (χ4n) is 4.41. The topological polar surface area (TPSA) is 94.2 Å². The minimum Gasteiger partial charge on any atom is -0.491 e. The molecule has 0 radical (unpaired) electrons. The number of aryl methyl sites for hydroxylation is 2.